The smallest absolute Gasteiger partial charge is 0.193 e. The van der Waals surface area contributed by atoms with Crippen molar-refractivity contribution in [2.24, 2.45) is 0 Å². The summed E-state index contributed by atoms with van der Waals surface area (Å²) in [5, 5.41) is 40.6. The minimum atomic E-state index is -1.65. The van der Waals surface area contributed by atoms with Crippen LogP contribution in [0.5, 0.6) is 0 Å². The van der Waals surface area contributed by atoms with Gasteiger partial charge < -0.3 is 20.4 Å². The van der Waals surface area contributed by atoms with E-state index in [-0.39, 0.29) is 45.4 Å². The van der Waals surface area contributed by atoms with Gasteiger partial charge in [0.2, 0.25) is 0 Å². The Balaban J connectivity index is 5.18. The highest BCUT2D eigenvalue weighted by Crippen LogP contribution is 2.33. The van der Waals surface area contributed by atoms with Crippen molar-refractivity contribution in [3.8, 4) is 0 Å². The Morgan fingerprint density at radius 2 is 0.781 bits per heavy atom. The molecule has 0 amide bonds. The number of nitrogens with zero attached hydrogens (tertiary/aromatic N) is 2. The highest BCUT2D eigenvalue weighted by atomic mass is 35.6. The van der Waals surface area contributed by atoms with Crippen LogP contribution in [0.1, 0.15) is 26.2 Å². The molecule has 32 heavy (non-hydrogen) atoms. The van der Waals surface area contributed by atoms with Crippen molar-refractivity contribution in [3.05, 3.63) is 0 Å². The number of hydrogen-bond acceptors (Lipinski definition) is 6. The average molecular weight is 645 g/mol. The Hall–Kier alpha value is 2.37. The lowest BCUT2D eigenvalue weighted by Crippen LogP contribution is -2.46. The molecule has 0 aliphatic rings. The lowest BCUT2D eigenvalue weighted by Gasteiger charge is -2.33. The van der Waals surface area contributed by atoms with Gasteiger partial charge in [-0.1, -0.05) is 104 Å². The number of hydrogen-bond donors (Lipinski definition) is 4. The van der Waals surface area contributed by atoms with E-state index in [9.17, 15) is 20.4 Å². The van der Waals surface area contributed by atoms with E-state index >= 15 is 0 Å². The highest BCUT2D eigenvalue weighted by molar-refractivity contribution is 6.68. The molecule has 0 aliphatic carbocycles. The third-order valence-corrected chi connectivity index (χ3v) is 5.45. The molecule has 0 saturated heterocycles. The fourth-order valence-corrected chi connectivity index (χ4v) is 4.66. The lowest BCUT2D eigenvalue weighted by atomic mass is 10.2. The molecular weight excluding hydrogens is 615 g/mol. The molecule has 0 aromatic heterocycles. The molecule has 0 radical (unpaired) electrons. The molecule has 6 nitrogen and oxygen atoms in total. The average Bonchev–Trinajstić information content (AvgIpc) is 2.45. The summed E-state index contributed by atoms with van der Waals surface area (Å²) < 4.78 is -4.92. The van der Waals surface area contributed by atoms with E-state index in [0.717, 1.165) is 0 Å². The molecule has 4 unspecified atom stereocenters. The van der Waals surface area contributed by atoms with Crippen molar-refractivity contribution in [3.63, 3.8) is 0 Å². The van der Waals surface area contributed by atoms with Gasteiger partial charge in [0.25, 0.3) is 0 Å². The Bertz CT molecular complexity index is 492. The zero-order valence-corrected chi connectivity index (χ0v) is 24.1. The summed E-state index contributed by atoms with van der Waals surface area (Å²) in [6, 6.07) is 0. The second-order valence-electron chi connectivity index (χ2n) is 7.79. The zero-order chi connectivity index (χ0) is 25.3. The van der Waals surface area contributed by atoms with Crippen LogP contribution in [0.3, 0.4) is 0 Å². The van der Waals surface area contributed by atoms with Gasteiger partial charge in [0.1, 0.15) is 0 Å². The summed E-state index contributed by atoms with van der Waals surface area (Å²) in [4.78, 5) is 3.47. The van der Waals surface area contributed by atoms with Gasteiger partial charge in [0.05, 0.1) is 24.4 Å². The van der Waals surface area contributed by atoms with Crippen LogP contribution >= 0.6 is 104 Å². The van der Waals surface area contributed by atoms with E-state index in [2.05, 4.69) is 0 Å². The van der Waals surface area contributed by atoms with Gasteiger partial charge in [0.15, 0.2) is 11.4 Å². The van der Waals surface area contributed by atoms with Crippen molar-refractivity contribution < 1.29 is 20.4 Å². The summed E-state index contributed by atoms with van der Waals surface area (Å²) in [6.07, 6.45) is -4.03. The first kappa shape index (κ1) is 34.4. The first-order valence-electron chi connectivity index (χ1n) is 9.63. The standard InChI is InChI=1S/C17H29Cl9N2O4/c1-11(29)7-27(8-12(30)4-15(18,19)20)2-3-28(9-13(31)5-16(21,22)23)10-14(32)6-17(24,25)26/h11-14,29-32H,2-10H2,1H3. The third kappa shape index (κ3) is 21.6. The summed E-state index contributed by atoms with van der Waals surface area (Å²) >= 11 is 51.7. The highest BCUT2D eigenvalue weighted by Gasteiger charge is 2.30. The molecule has 0 aromatic rings. The molecule has 0 rings (SSSR count). The molecule has 0 aliphatic heterocycles. The minimum absolute atomic E-state index is 0.0596. The van der Waals surface area contributed by atoms with E-state index in [1.807, 2.05) is 0 Å². The fraction of sp³-hybridized carbons (Fsp3) is 1.00. The topological polar surface area (TPSA) is 87.4 Å². The maximum atomic E-state index is 10.3. The molecule has 0 fully saturated rings. The van der Waals surface area contributed by atoms with Crippen LogP contribution in [-0.2, 0) is 0 Å². The summed E-state index contributed by atoms with van der Waals surface area (Å²) in [6.45, 7) is 2.72. The van der Waals surface area contributed by atoms with Crippen LogP contribution in [0.2, 0.25) is 0 Å². The largest absolute Gasteiger partial charge is 0.392 e. The Morgan fingerprint density at radius 1 is 0.531 bits per heavy atom. The zero-order valence-electron chi connectivity index (χ0n) is 17.3. The van der Waals surface area contributed by atoms with Crippen molar-refractivity contribution in [1.82, 2.24) is 9.80 Å². The quantitative estimate of drug-likeness (QED) is 0.211. The SMILES string of the molecule is CC(O)CN(CCN(CC(O)CC(Cl)(Cl)Cl)CC(O)CC(Cl)(Cl)Cl)CC(O)CC(Cl)(Cl)Cl. The van der Waals surface area contributed by atoms with E-state index in [4.69, 9.17) is 104 Å². The first-order valence-corrected chi connectivity index (χ1v) is 13.0. The molecule has 0 saturated carbocycles. The maximum Gasteiger partial charge on any atom is 0.193 e. The number of aliphatic hydroxyl groups excluding tert-OH is 4. The molecule has 0 heterocycles. The Kier molecular flexibility index (Phi) is 16.7. The van der Waals surface area contributed by atoms with Crippen LogP contribution in [0, 0.1) is 0 Å². The normalized spacial score (nSPS) is 17.6. The lowest BCUT2D eigenvalue weighted by molar-refractivity contribution is 0.0406. The van der Waals surface area contributed by atoms with E-state index < -0.39 is 35.8 Å². The minimum Gasteiger partial charge on any atom is -0.392 e. The van der Waals surface area contributed by atoms with Crippen molar-refractivity contribution >= 4 is 104 Å². The number of halogens is 9. The van der Waals surface area contributed by atoms with Crippen molar-refractivity contribution in [1.29, 1.82) is 0 Å². The van der Waals surface area contributed by atoms with Crippen LogP contribution in [0.4, 0.5) is 0 Å². The van der Waals surface area contributed by atoms with Crippen molar-refractivity contribution in [2.45, 2.75) is 62.0 Å². The molecule has 4 atom stereocenters. The summed E-state index contributed by atoms with van der Waals surface area (Å²) in [7, 11) is 0. The summed E-state index contributed by atoms with van der Waals surface area (Å²) in [5.74, 6) is 0. The monoisotopic (exact) mass is 640 g/mol. The van der Waals surface area contributed by atoms with E-state index in [1.54, 1.807) is 16.7 Å². The van der Waals surface area contributed by atoms with Gasteiger partial charge in [-0.25, -0.2) is 0 Å². The molecule has 0 spiro atoms. The van der Waals surface area contributed by atoms with Gasteiger partial charge >= 0.3 is 0 Å². The number of rotatable bonds is 14. The van der Waals surface area contributed by atoms with Gasteiger partial charge in [-0.3, -0.25) is 9.80 Å². The van der Waals surface area contributed by atoms with E-state index in [0.29, 0.717) is 13.1 Å². The molecule has 0 bridgehead atoms. The van der Waals surface area contributed by atoms with Crippen LogP contribution in [-0.4, -0.2) is 105 Å². The first-order chi connectivity index (χ1) is 14.3. The van der Waals surface area contributed by atoms with Gasteiger partial charge in [0, 0.05) is 58.5 Å². The van der Waals surface area contributed by atoms with Gasteiger partial charge in [-0.05, 0) is 6.92 Å². The Labute approximate surface area is 234 Å². The molecule has 194 valence electrons. The Morgan fingerprint density at radius 3 is 1.00 bits per heavy atom. The molecular formula is C17H29Cl9N2O4. The second-order valence-corrected chi connectivity index (χ2v) is 15.3. The predicted molar refractivity (Wildman–Crippen MR) is 137 cm³/mol. The van der Waals surface area contributed by atoms with Gasteiger partial charge in [-0.15, -0.1) is 0 Å². The van der Waals surface area contributed by atoms with Crippen molar-refractivity contribution in [2.75, 3.05) is 39.3 Å². The molecule has 15 heteroatoms. The third-order valence-electron chi connectivity index (χ3n) is 4.06. The fourth-order valence-electron chi connectivity index (χ4n) is 3.06. The maximum absolute atomic E-state index is 10.3. The number of aliphatic hydroxyl groups is 4. The van der Waals surface area contributed by atoms with Gasteiger partial charge in [-0.2, -0.15) is 0 Å². The van der Waals surface area contributed by atoms with Crippen LogP contribution < -0.4 is 0 Å². The summed E-state index contributed by atoms with van der Waals surface area (Å²) in [5.41, 5.74) is 0. The van der Waals surface area contributed by atoms with E-state index in [1.165, 1.54) is 0 Å². The molecule has 4 N–H and O–H groups in total. The number of alkyl halides is 9. The molecule has 0 aromatic carbocycles. The van der Waals surface area contributed by atoms with Crippen LogP contribution in [0.15, 0.2) is 0 Å². The second kappa shape index (κ2) is 15.6. The predicted octanol–water partition coefficient (Wildman–Crippen LogP) is 4.33. The van der Waals surface area contributed by atoms with Crippen LogP contribution in [0.25, 0.3) is 0 Å².